The highest BCUT2D eigenvalue weighted by Crippen LogP contribution is 2.35. The van der Waals surface area contributed by atoms with E-state index < -0.39 is 5.97 Å². The van der Waals surface area contributed by atoms with Crippen molar-refractivity contribution in [2.45, 2.75) is 42.4 Å². The quantitative estimate of drug-likeness (QED) is 0.148. The van der Waals surface area contributed by atoms with Gasteiger partial charge in [0.1, 0.15) is 17.8 Å². The van der Waals surface area contributed by atoms with Gasteiger partial charge >= 0.3 is 11.9 Å². The molecule has 3 rings (SSSR count). The Morgan fingerprint density at radius 3 is 1.90 bits per heavy atom. The molecule has 0 aromatic heterocycles. The van der Waals surface area contributed by atoms with Crippen LogP contribution >= 0.6 is 36.0 Å². The van der Waals surface area contributed by atoms with E-state index in [4.69, 9.17) is 30.5 Å². The van der Waals surface area contributed by atoms with Gasteiger partial charge in [0, 0.05) is 20.2 Å². The van der Waals surface area contributed by atoms with Crippen molar-refractivity contribution in [3.05, 3.63) is 76.3 Å². The zero-order valence-electron chi connectivity index (χ0n) is 22.2. The molecule has 0 unspecified atom stereocenters. The lowest BCUT2D eigenvalue weighted by molar-refractivity contribution is -0.146. The highest BCUT2D eigenvalue weighted by Gasteiger charge is 2.09. The van der Waals surface area contributed by atoms with Gasteiger partial charge in [-0.15, -0.1) is 12.6 Å². The van der Waals surface area contributed by atoms with E-state index in [0.29, 0.717) is 35.3 Å². The summed E-state index contributed by atoms with van der Waals surface area (Å²) in [6, 6.07) is 16.3. The fraction of sp³-hybridized carbons (Fsp3) is 0.276. The van der Waals surface area contributed by atoms with E-state index >= 15 is 0 Å². The summed E-state index contributed by atoms with van der Waals surface area (Å²) in [7, 11) is 0. The third-order valence-electron chi connectivity index (χ3n) is 4.93. The van der Waals surface area contributed by atoms with Crippen molar-refractivity contribution in [1.29, 1.82) is 0 Å². The van der Waals surface area contributed by atoms with Crippen molar-refractivity contribution < 1.29 is 33.3 Å². The van der Waals surface area contributed by atoms with Crippen molar-refractivity contribution in [3.63, 3.8) is 0 Å². The Morgan fingerprint density at radius 1 is 0.846 bits per heavy atom. The molecule has 0 N–H and O–H groups in total. The average molecular weight is 591 g/mol. The first-order valence-corrected chi connectivity index (χ1v) is 13.7. The summed E-state index contributed by atoms with van der Waals surface area (Å²) in [4.78, 5) is 35.8. The number of esters is 2. The van der Waals surface area contributed by atoms with Crippen LogP contribution in [0.2, 0.25) is 5.02 Å². The van der Waals surface area contributed by atoms with E-state index in [1.54, 1.807) is 32.0 Å². The van der Waals surface area contributed by atoms with Crippen LogP contribution in [0.4, 0.5) is 0 Å². The fourth-order valence-corrected chi connectivity index (χ4v) is 4.61. The van der Waals surface area contributed by atoms with E-state index in [9.17, 15) is 14.4 Å². The number of hydrogen-bond acceptors (Lipinski definition) is 9. The molecule has 0 radical (unpaired) electrons. The second-order valence-electron chi connectivity index (χ2n) is 7.97. The molecule has 0 spiro atoms. The number of rotatable bonds is 11. The molecule has 39 heavy (non-hydrogen) atoms. The first-order chi connectivity index (χ1) is 18.7. The number of carbonyl (C=O) groups excluding carboxylic acids is 3. The van der Waals surface area contributed by atoms with Gasteiger partial charge in [-0.3, -0.25) is 4.79 Å². The lowest BCUT2D eigenvalue weighted by Crippen LogP contribution is -2.14. The maximum absolute atomic E-state index is 11.3. The van der Waals surface area contributed by atoms with Crippen LogP contribution in [0.15, 0.2) is 69.3 Å². The Hall–Kier alpha value is -3.14. The number of halogens is 1. The lowest BCUT2D eigenvalue weighted by atomic mass is 10.2. The molecule has 208 valence electrons. The van der Waals surface area contributed by atoms with Crippen molar-refractivity contribution in [2.75, 3.05) is 26.4 Å². The van der Waals surface area contributed by atoms with Gasteiger partial charge in [0.25, 0.3) is 0 Å². The number of carbonyl (C=O) groups is 3. The maximum Gasteiger partial charge on any atom is 0.344 e. The van der Waals surface area contributed by atoms with Crippen LogP contribution in [0.1, 0.15) is 35.3 Å². The molecule has 10 heteroatoms. The topological polar surface area (TPSA) is 88.1 Å². The van der Waals surface area contributed by atoms with Crippen LogP contribution in [0, 0.1) is 13.8 Å². The molecule has 0 amide bonds. The summed E-state index contributed by atoms with van der Waals surface area (Å²) < 4.78 is 20.3. The number of benzene rings is 3. The third-order valence-corrected chi connectivity index (χ3v) is 6.69. The van der Waals surface area contributed by atoms with Gasteiger partial charge in [-0.1, -0.05) is 29.4 Å². The molecule has 0 saturated heterocycles. The predicted octanol–water partition coefficient (Wildman–Crippen LogP) is 6.78. The molecular weight excluding hydrogens is 560 g/mol. The first kappa shape index (κ1) is 32.1. The SMILES string of the molecule is CCOC(=O)COc1ccc(S)cc1C.CCOC(=O)COc1ccc(Sc2ccc(C=O)cc2Cl)cc1C. The minimum absolute atomic E-state index is 0.0550. The number of ether oxygens (including phenoxy) is 4. The second-order valence-corrected chi connectivity index (χ2v) is 10.0. The molecule has 3 aromatic carbocycles. The average Bonchev–Trinajstić information content (AvgIpc) is 2.89. The Kier molecular flexibility index (Phi) is 13.8. The number of hydrogen-bond donors (Lipinski definition) is 1. The number of aldehydes is 1. The molecular formula is C29H31ClO7S2. The van der Waals surface area contributed by atoms with E-state index in [-0.39, 0.29) is 19.2 Å². The van der Waals surface area contributed by atoms with Gasteiger partial charge in [0.2, 0.25) is 0 Å². The summed E-state index contributed by atoms with van der Waals surface area (Å²) >= 11 is 11.9. The first-order valence-electron chi connectivity index (χ1n) is 12.1. The van der Waals surface area contributed by atoms with Gasteiger partial charge in [-0.2, -0.15) is 0 Å². The lowest BCUT2D eigenvalue weighted by Gasteiger charge is -2.11. The number of aryl methyl sites for hydroxylation is 2. The van der Waals surface area contributed by atoms with Crippen molar-refractivity contribution in [3.8, 4) is 11.5 Å². The summed E-state index contributed by atoms with van der Waals surface area (Å²) in [5.74, 6) is 0.569. The minimum Gasteiger partial charge on any atom is -0.482 e. The molecule has 7 nitrogen and oxygen atoms in total. The third kappa shape index (κ3) is 11.2. The van der Waals surface area contributed by atoms with Crippen LogP contribution < -0.4 is 9.47 Å². The van der Waals surface area contributed by atoms with E-state index in [0.717, 1.165) is 32.1 Å². The molecule has 0 aliphatic carbocycles. The summed E-state index contributed by atoms with van der Waals surface area (Å²) in [6.07, 6.45) is 0.764. The van der Waals surface area contributed by atoms with E-state index in [2.05, 4.69) is 12.6 Å². The highest BCUT2D eigenvalue weighted by molar-refractivity contribution is 7.99. The molecule has 0 aliphatic heterocycles. The van der Waals surface area contributed by atoms with Gasteiger partial charge in [-0.05, 0) is 87.4 Å². The number of thiol groups is 1. The van der Waals surface area contributed by atoms with Gasteiger partial charge in [0.05, 0.1) is 18.2 Å². The van der Waals surface area contributed by atoms with Crippen molar-refractivity contribution >= 4 is 54.2 Å². The molecule has 0 bridgehead atoms. The molecule has 0 saturated carbocycles. The normalized spacial score (nSPS) is 10.1. The largest absolute Gasteiger partial charge is 0.482 e. The Balaban J connectivity index is 0.000000306. The van der Waals surface area contributed by atoms with Gasteiger partial charge in [-0.25, -0.2) is 9.59 Å². The standard InChI is InChI=1S/C18H17ClO4S.C11H14O3S/c1-3-22-18(21)11-23-16-6-5-14(8-12(16)2)24-17-7-4-13(10-20)9-15(17)19;1-3-13-11(12)7-14-10-5-4-9(15)6-8(10)2/h4-10H,3,11H2,1-2H3;4-6,15H,3,7H2,1-2H3. The van der Waals surface area contributed by atoms with Crippen molar-refractivity contribution in [2.24, 2.45) is 0 Å². The predicted molar refractivity (Wildman–Crippen MR) is 155 cm³/mol. The second kappa shape index (κ2) is 16.7. The van der Waals surface area contributed by atoms with Crippen LogP contribution in [-0.4, -0.2) is 44.7 Å². The minimum atomic E-state index is -0.391. The highest BCUT2D eigenvalue weighted by atomic mass is 35.5. The smallest absolute Gasteiger partial charge is 0.344 e. The summed E-state index contributed by atoms with van der Waals surface area (Å²) in [6.45, 7) is 7.86. The van der Waals surface area contributed by atoms with E-state index in [1.165, 1.54) is 11.8 Å². The summed E-state index contributed by atoms with van der Waals surface area (Å²) in [5.41, 5.74) is 2.40. The zero-order valence-corrected chi connectivity index (χ0v) is 24.7. The zero-order chi connectivity index (χ0) is 28.8. The molecule has 0 atom stereocenters. The summed E-state index contributed by atoms with van der Waals surface area (Å²) in [5, 5.41) is 0.532. The Labute approximate surface area is 243 Å². The van der Waals surface area contributed by atoms with Crippen LogP contribution in [0.3, 0.4) is 0 Å². The molecule has 0 heterocycles. The van der Waals surface area contributed by atoms with Crippen molar-refractivity contribution in [1.82, 2.24) is 0 Å². The molecule has 0 fully saturated rings. The maximum atomic E-state index is 11.3. The molecule has 3 aromatic rings. The monoisotopic (exact) mass is 590 g/mol. The van der Waals surface area contributed by atoms with E-state index in [1.807, 2.05) is 50.2 Å². The Morgan fingerprint density at radius 2 is 1.41 bits per heavy atom. The van der Waals surface area contributed by atoms with Crippen LogP contribution in [-0.2, 0) is 19.1 Å². The van der Waals surface area contributed by atoms with Crippen LogP contribution in [0.5, 0.6) is 11.5 Å². The molecule has 0 aliphatic rings. The van der Waals surface area contributed by atoms with Gasteiger partial charge in [0.15, 0.2) is 13.2 Å². The van der Waals surface area contributed by atoms with Crippen LogP contribution in [0.25, 0.3) is 0 Å². The van der Waals surface area contributed by atoms with Gasteiger partial charge < -0.3 is 18.9 Å². The Bertz CT molecular complexity index is 1280. The fourth-order valence-electron chi connectivity index (χ4n) is 3.12.